The van der Waals surface area contributed by atoms with Crippen molar-refractivity contribution in [2.75, 3.05) is 6.61 Å². The van der Waals surface area contributed by atoms with Crippen molar-refractivity contribution in [3.8, 4) is 0 Å². The van der Waals surface area contributed by atoms with Crippen LogP contribution in [0.4, 0.5) is 0 Å². The third-order valence-electron chi connectivity index (χ3n) is 1.56. The zero-order chi connectivity index (χ0) is 10.6. The number of hydrogen-bond acceptors (Lipinski definition) is 4. The molecule has 5 heteroatoms. The molecule has 0 aromatic carbocycles. The maximum absolute atomic E-state index is 10.5. The van der Waals surface area contributed by atoms with Gasteiger partial charge in [-0.05, 0) is 12.1 Å². The van der Waals surface area contributed by atoms with E-state index in [0.717, 1.165) is 5.03 Å². The third-order valence-corrected chi connectivity index (χ3v) is 2.60. The van der Waals surface area contributed by atoms with Crippen molar-refractivity contribution in [3.63, 3.8) is 0 Å². The second-order valence-corrected chi connectivity index (χ2v) is 4.26. The van der Waals surface area contributed by atoms with Crippen molar-refractivity contribution in [1.82, 2.24) is 4.98 Å². The summed E-state index contributed by atoms with van der Waals surface area (Å²) >= 11 is 1.41. The fraction of sp³-hybridized carbons (Fsp3) is 0.333. The summed E-state index contributed by atoms with van der Waals surface area (Å²) in [6.07, 6.45) is 1.31. The first-order chi connectivity index (χ1) is 6.63. The molecule has 0 spiro atoms. The number of aliphatic hydroxyl groups is 1. The second kappa shape index (κ2) is 4.97. The highest BCUT2D eigenvalue weighted by atomic mass is 32.2. The number of carboxylic acid groups (broad SMARTS) is 1. The second-order valence-electron chi connectivity index (χ2n) is 2.80. The van der Waals surface area contributed by atoms with E-state index < -0.39 is 5.97 Å². The highest BCUT2D eigenvalue weighted by Crippen LogP contribution is 2.20. The molecule has 0 aliphatic heterocycles. The Morgan fingerprint density at radius 3 is 2.79 bits per heavy atom. The predicted molar refractivity (Wildman–Crippen MR) is 53.6 cm³/mol. The molecule has 0 saturated carbocycles. The molecule has 0 saturated heterocycles. The van der Waals surface area contributed by atoms with Gasteiger partial charge in [-0.25, -0.2) is 9.78 Å². The van der Waals surface area contributed by atoms with E-state index in [1.807, 2.05) is 6.92 Å². The number of aromatic nitrogens is 1. The highest BCUT2D eigenvalue weighted by Gasteiger charge is 2.06. The fourth-order valence-corrected chi connectivity index (χ4v) is 1.57. The van der Waals surface area contributed by atoms with Crippen LogP contribution in [-0.2, 0) is 0 Å². The summed E-state index contributed by atoms with van der Waals surface area (Å²) in [4.78, 5) is 14.5. The number of carbonyl (C=O) groups is 1. The lowest BCUT2D eigenvalue weighted by Gasteiger charge is -2.05. The molecule has 1 rings (SSSR count). The summed E-state index contributed by atoms with van der Waals surface area (Å²) in [5.74, 6) is -0.982. The van der Waals surface area contributed by atoms with Crippen LogP contribution in [0.25, 0.3) is 0 Å². The van der Waals surface area contributed by atoms with E-state index in [9.17, 15) is 4.79 Å². The first-order valence-electron chi connectivity index (χ1n) is 4.10. The molecule has 0 aliphatic carbocycles. The van der Waals surface area contributed by atoms with Gasteiger partial charge in [0, 0.05) is 11.4 Å². The van der Waals surface area contributed by atoms with E-state index in [-0.39, 0.29) is 17.4 Å². The van der Waals surface area contributed by atoms with E-state index in [2.05, 4.69) is 4.98 Å². The Hall–Kier alpha value is -1.07. The average Bonchev–Trinajstić information content (AvgIpc) is 2.18. The molecule has 0 radical (unpaired) electrons. The Balaban J connectivity index is 2.68. The third kappa shape index (κ3) is 3.01. The molecule has 1 unspecified atom stereocenters. The molecule has 1 aromatic rings. The number of aliphatic hydroxyl groups excluding tert-OH is 1. The van der Waals surface area contributed by atoms with Gasteiger partial charge in [-0.3, -0.25) is 0 Å². The molecule has 1 heterocycles. The largest absolute Gasteiger partial charge is 0.478 e. The Kier molecular flexibility index (Phi) is 3.91. The molecular formula is C9H11NO3S. The number of aromatic carboxylic acids is 1. The Labute approximate surface area is 86.0 Å². The van der Waals surface area contributed by atoms with Gasteiger partial charge in [0.2, 0.25) is 0 Å². The number of rotatable bonds is 4. The molecule has 0 aliphatic rings. The van der Waals surface area contributed by atoms with Crippen LogP contribution in [0.5, 0.6) is 0 Å². The van der Waals surface area contributed by atoms with Crippen molar-refractivity contribution in [2.45, 2.75) is 17.2 Å². The Bertz CT molecular complexity index is 312. The van der Waals surface area contributed by atoms with Crippen LogP contribution in [0.15, 0.2) is 23.4 Å². The smallest absolute Gasteiger partial charge is 0.337 e. The minimum absolute atomic E-state index is 0.0678. The first-order valence-corrected chi connectivity index (χ1v) is 4.98. The summed E-state index contributed by atoms with van der Waals surface area (Å²) in [6, 6.07) is 3.14. The lowest BCUT2D eigenvalue weighted by molar-refractivity contribution is 0.0696. The number of pyridine rings is 1. The molecule has 0 amide bonds. The molecule has 0 fully saturated rings. The summed E-state index contributed by atoms with van der Waals surface area (Å²) in [5.41, 5.74) is 0.172. The summed E-state index contributed by atoms with van der Waals surface area (Å²) in [7, 11) is 0. The topological polar surface area (TPSA) is 70.4 Å². The van der Waals surface area contributed by atoms with E-state index >= 15 is 0 Å². The minimum Gasteiger partial charge on any atom is -0.478 e. The number of carboxylic acids is 1. The van der Waals surface area contributed by atoms with Gasteiger partial charge < -0.3 is 10.2 Å². The van der Waals surface area contributed by atoms with Gasteiger partial charge in [0.15, 0.2) is 0 Å². The van der Waals surface area contributed by atoms with E-state index in [4.69, 9.17) is 10.2 Å². The molecule has 76 valence electrons. The summed E-state index contributed by atoms with van der Waals surface area (Å²) < 4.78 is 0. The monoisotopic (exact) mass is 213 g/mol. The predicted octanol–water partition coefficient (Wildman–Crippen LogP) is 1.25. The van der Waals surface area contributed by atoms with Crippen LogP contribution < -0.4 is 0 Å². The van der Waals surface area contributed by atoms with E-state index in [1.165, 1.54) is 24.0 Å². The van der Waals surface area contributed by atoms with Crippen LogP contribution in [0, 0.1) is 0 Å². The zero-order valence-electron chi connectivity index (χ0n) is 7.67. The van der Waals surface area contributed by atoms with Crippen molar-refractivity contribution >= 4 is 17.7 Å². The molecule has 4 nitrogen and oxygen atoms in total. The van der Waals surface area contributed by atoms with Crippen LogP contribution >= 0.6 is 11.8 Å². The number of hydrogen-bond donors (Lipinski definition) is 2. The molecule has 1 aromatic heterocycles. The quantitative estimate of drug-likeness (QED) is 0.737. The van der Waals surface area contributed by atoms with Crippen molar-refractivity contribution in [2.24, 2.45) is 0 Å². The Morgan fingerprint density at radius 1 is 1.64 bits per heavy atom. The Morgan fingerprint density at radius 2 is 2.36 bits per heavy atom. The van der Waals surface area contributed by atoms with E-state index in [0.29, 0.717) is 0 Å². The lowest BCUT2D eigenvalue weighted by atomic mass is 10.3. The summed E-state index contributed by atoms with van der Waals surface area (Å²) in [6.45, 7) is 1.95. The zero-order valence-corrected chi connectivity index (χ0v) is 8.49. The molecule has 14 heavy (non-hydrogen) atoms. The summed E-state index contributed by atoms with van der Waals surface area (Å²) in [5, 5.41) is 18.2. The molecule has 2 N–H and O–H groups in total. The van der Waals surface area contributed by atoms with Crippen LogP contribution in [0.3, 0.4) is 0 Å². The van der Waals surface area contributed by atoms with Crippen molar-refractivity contribution < 1.29 is 15.0 Å². The van der Waals surface area contributed by atoms with Crippen molar-refractivity contribution in [3.05, 3.63) is 23.9 Å². The van der Waals surface area contributed by atoms with Gasteiger partial charge in [0.05, 0.1) is 17.2 Å². The van der Waals surface area contributed by atoms with Gasteiger partial charge in [-0.1, -0.05) is 6.92 Å². The standard InChI is InChI=1S/C9H11NO3S/c1-6(5-11)14-8-3-2-7(4-10-8)9(12)13/h2-4,6,11H,5H2,1H3,(H,12,13). The fourth-order valence-electron chi connectivity index (χ4n) is 0.820. The molecular weight excluding hydrogens is 202 g/mol. The molecule has 1 atom stereocenters. The van der Waals surface area contributed by atoms with Crippen LogP contribution in [0.1, 0.15) is 17.3 Å². The SMILES string of the molecule is CC(CO)Sc1ccc(C(=O)O)cn1. The maximum Gasteiger partial charge on any atom is 0.337 e. The van der Waals surface area contributed by atoms with Gasteiger partial charge in [0.25, 0.3) is 0 Å². The highest BCUT2D eigenvalue weighted by molar-refractivity contribution is 7.99. The van der Waals surface area contributed by atoms with Gasteiger partial charge in [-0.2, -0.15) is 0 Å². The normalized spacial score (nSPS) is 12.4. The van der Waals surface area contributed by atoms with E-state index in [1.54, 1.807) is 6.07 Å². The van der Waals surface area contributed by atoms with Crippen LogP contribution in [0.2, 0.25) is 0 Å². The maximum atomic E-state index is 10.5. The lowest BCUT2D eigenvalue weighted by Crippen LogP contribution is -2.03. The van der Waals surface area contributed by atoms with Gasteiger partial charge in [-0.15, -0.1) is 11.8 Å². The first kappa shape index (κ1) is 11.0. The minimum atomic E-state index is -0.982. The van der Waals surface area contributed by atoms with Gasteiger partial charge >= 0.3 is 5.97 Å². The molecule has 0 bridgehead atoms. The number of thioether (sulfide) groups is 1. The van der Waals surface area contributed by atoms with Gasteiger partial charge in [0.1, 0.15) is 0 Å². The number of nitrogens with zero attached hydrogens (tertiary/aromatic N) is 1. The average molecular weight is 213 g/mol. The van der Waals surface area contributed by atoms with Crippen LogP contribution in [-0.4, -0.2) is 33.0 Å². The van der Waals surface area contributed by atoms with Crippen molar-refractivity contribution in [1.29, 1.82) is 0 Å².